The zero-order chi connectivity index (χ0) is 20.9. The topological polar surface area (TPSA) is 49.4 Å². The van der Waals surface area contributed by atoms with Crippen molar-refractivity contribution in [2.45, 2.75) is 18.9 Å². The van der Waals surface area contributed by atoms with Gasteiger partial charge in [0.25, 0.3) is 11.8 Å². The fraction of sp³-hybridized carbons (Fsp3) is 0.200. The molecule has 1 fully saturated rings. The first-order valence-corrected chi connectivity index (χ1v) is 10.1. The monoisotopic (exact) mass is 402 g/mol. The number of hydrogen-bond donors (Lipinski definition) is 1. The van der Waals surface area contributed by atoms with Crippen LogP contribution in [0.25, 0.3) is 11.1 Å². The second kappa shape index (κ2) is 8.91. The number of nitrogens with one attached hydrogen (secondary N) is 1. The van der Waals surface area contributed by atoms with E-state index in [4.69, 9.17) is 0 Å². The van der Waals surface area contributed by atoms with E-state index >= 15 is 0 Å². The number of amides is 2. The summed E-state index contributed by atoms with van der Waals surface area (Å²) in [4.78, 5) is 26.9. The molecule has 0 radical (unpaired) electrons. The van der Waals surface area contributed by atoms with Gasteiger partial charge in [-0.25, -0.2) is 4.39 Å². The second-order valence-corrected chi connectivity index (χ2v) is 7.49. The molecule has 1 aliphatic rings. The lowest BCUT2D eigenvalue weighted by Gasteiger charge is -2.32. The van der Waals surface area contributed by atoms with Crippen molar-refractivity contribution in [2.75, 3.05) is 13.1 Å². The Morgan fingerprint density at radius 3 is 1.97 bits per heavy atom. The van der Waals surface area contributed by atoms with Gasteiger partial charge in [0.15, 0.2) is 0 Å². The van der Waals surface area contributed by atoms with Gasteiger partial charge in [-0.1, -0.05) is 42.5 Å². The van der Waals surface area contributed by atoms with E-state index in [1.807, 2.05) is 54.6 Å². The third-order valence-electron chi connectivity index (χ3n) is 5.46. The van der Waals surface area contributed by atoms with Crippen LogP contribution in [0.5, 0.6) is 0 Å². The molecule has 1 saturated heterocycles. The first-order chi connectivity index (χ1) is 14.6. The Kier molecular flexibility index (Phi) is 5.89. The van der Waals surface area contributed by atoms with Gasteiger partial charge in [0.1, 0.15) is 5.82 Å². The van der Waals surface area contributed by atoms with Crippen molar-refractivity contribution in [1.29, 1.82) is 0 Å². The molecule has 2 amide bonds. The number of hydrogen-bond acceptors (Lipinski definition) is 2. The molecule has 3 aromatic carbocycles. The lowest BCUT2D eigenvalue weighted by Crippen LogP contribution is -2.46. The Hall–Kier alpha value is -3.47. The van der Waals surface area contributed by atoms with Crippen LogP contribution in [0.1, 0.15) is 33.6 Å². The van der Waals surface area contributed by atoms with E-state index in [-0.39, 0.29) is 23.7 Å². The number of likely N-dealkylation sites (tertiary alicyclic amines) is 1. The number of nitrogens with zero attached hydrogens (tertiary/aromatic N) is 1. The number of carbonyl (C=O) groups excluding carboxylic acids is 2. The van der Waals surface area contributed by atoms with Crippen LogP contribution in [0.4, 0.5) is 4.39 Å². The van der Waals surface area contributed by atoms with Crippen molar-refractivity contribution in [2.24, 2.45) is 0 Å². The van der Waals surface area contributed by atoms with Crippen molar-refractivity contribution in [3.05, 3.63) is 95.8 Å². The predicted octanol–water partition coefficient (Wildman–Crippen LogP) is 4.53. The van der Waals surface area contributed by atoms with Gasteiger partial charge in [-0.05, 0) is 60.4 Å². The highest BCUT2D eigenvalue weighted by atomic mass is 19.1. The molecular weight excluding hydrogens is 379 g/mol. The fourth-order valence-corrected chi connectivity index (χ4v) is 3.72. The molecule has 4 rings (SSSR count). The fourth-order valence-electron chi connectivity index (χ4n) is 3.72. The van der Waals surface area contributed by atoms with E-state index < -0.39 is 0 Å². The van der Waals surface area contributed by atoms with E-state index in [1.165, 1.54) is 24.3 Å². The molecule has 3 aromatic rings. The summed E-state index contributed by atoms with van der Waals surface area (Å²) in [6, 6.07) is 23.2. The summed E-state index contributed by atoms with van der Waals surface area (Å²) in [5, 5.41) is 3.07. The molecule has 0 saturated carbocycles. The van der Waals surface area contributed by atoms with Gasteiger partial charge in [0.05, 0.1) is 0 Å². The highest BCUT2D eigenvalue weighted by molar-refractivity contribution is 5.95. The molecule has 152 valence electrons. The maximum Gasteiger partial charge on any atom is 0.253 e. The Bertz CT molecular complexity index is 1010. The third kappa shape index (κ3) is 4.57. The molecule has 0 bridgehead atoms. The zero-order valence-corrected chi connectivity index (χ0v) is 16.6. The van der Waals surface area contributed by atoms with Crippen molar-refractivity contribution >= 4 is 11.8 Å². The van der Waals surface area contributed by atoms with E-state index in [2.05, 4.69) is 5.32 Å². The van der Waals surface area contributed by atoms with Crippen LogP contribution >= 0.6 is 0 Å². The Morgan fingerprint density at radius 2 is 1.33 bits per heavy atom. The standard InChI is InChI=1S/C25H23FN2O2/c26-22-12-10-21(11-13-22)25(30)28-16-14-23(15-17-28)27-24(29)20-8-6-19(7-9-20)18-4-2-1-3-5-18/h1-13,23H,14-17H2,(H,27,29). The summed E-state index contributed by atoms with van der Waals surface area (Å²) in [5.74, 6) is -0.557. The summed E-state index contributed by atoms with van der Waals surface area (Å²) in [7, 11) is 0. The van der Waals surface area contributed by atoms with Crippen molar-refractivity contribution in [3.8, 4) is 11.1 Å². The van der Waals surface area contributed by atoms with Crippen LogP contribution in [0.3, 0.4) is 0 Å². The number of carbonyl (C=O) groups is 2. The van der Waals surface area contributed by atoms with Crippen LogP contribution in [-0.2, 0) is 0 Å². The van der Waals surface area contributed by atoms with Crippen LogP contribution in [-0.4, -0.2) is 35.8 Å². The van der Waals surface area contributed by atoms with Crippen molar-refractivity contribution < 1.29 is 14.0 Å². The number of benzene rings is 3. The lowest BCUT2D eigenvalue weighted by molar-refractivity contribution is 0.0698. The van der Waals surface area contributed by atoms with E-state index in [0.717, 1.165) is 11.1 Å². The Labute approximate surface area is 175 Å². The first-order valence-electron chi connectivity index (χ1n) is 10.1. The average Bonchev–Trinajstić information content (AvgIpc) is 2.80. The van der Waals surface area contributed by atoms with Gasteiger partial charge in [0, 0.05) is 30.3 Å². The van der Waals surface area contributed by atoms with Gasteiger partial charge >= 0.3 is 0 Å². The van der Waals surface area contributed by atoms with E-state index in [0.29, 0.717) is 37.1 Å². The average molecular weight is 402 g/mol. The normalized spacial score (nSPS) is 14.4. The largest absolute Gasteiger partial charge is 0.349 e. The predicted molar refractivity (Wildman–Crippen MR) is 115 cm³/mol. The van der Waals surface area contributed by atoms with Crippen LogP contribution in [0.2, 0.25) is 0 Å². The first kappa shape index (κ1) is 19.8. The lowest BCUT2D eigenvalue weighted by atomic mass is 10.0. The zero-order valence-electron chi connectivity index (χ0n) is 16.6. The number of rotatable bonds is 4. The highest BCUT2D eigenvalue weighted by Gasteiger charge is 2.25. The second-order valence-electron chi connectivity index (χ2n) is 7.49. The quantitative estimate of drug-likeness (QED) is 0.697. The molecule has 0 spiro atoms. The highest BCUT2D eigenvalue weighted by Crippen LogP contribution is 2.20. The van der Waals surface area contributed by atoms with Gasteiger partial charge in [0.2, 0.25) is 0 Å². The number of piperidine rings is 1. The maximum absolute atomic E-state index is 13.0. The summed E-state index contributed by atoms with van der Waals surface area (Å²) in [6.45, 7) is 1.13. The smallest absolute Gasteiger partial charge is 0.253 e. The minimum Gasteiger partial charge on any atom is -0.349 e. The molecule has 0 atom stereocenters. The number of halogens is 1. The van der Waals surface area contributed by atoms with Crippen LogP contribution in [0.15, 0.2) is 78.9 Å². The van der Waals surface area contributed by atoms with E-state index in [9.17, 15) is 14.0 Å². The maximum atomic E-state index is 13.0. The SMILES string of the molecule is O=C(NC1CCN(C(=O)c2ccc(F)cc2)CC1)c1ccc(-c2ccccc2)cc1. The molecular formula is C25H23FN2O2. The van der Waals surface area contributed by atoms with Crippen LogP contribution < -0.4 is 5.32 Å². The summed E-state index contributed by atoms with van der Waals surface area (Å²) >= 11 is 0. The third-order valence-corrected chi connectivity index (χ3v) is 5.46. The molecule has 30 heavy (non-hydrogen) atoms. The molecule has 0 unspecified atom stereocenters. The Balaban J connectivity index is 1.31. The molecule has 0 aliphatic carbocycles. The van der Waals surface area contributed by atoms with Crippen LogP contribution in [0, 0.1) is 5.82 Å². The summed E-state index contributed by atoms with van der Waals surface area (Å²) < 4.78 is 13.0. The molecule has 5 heteroatoms. The molecule has 1 heterocycles. The molecule has 1 N–H and O–H groups in total. The molecule has 1 aliphatic heterocycles. The van der Waals surface area contributed by atoms with Gasteiger partial charge in [-0.2, -0.15) is 0 Å². The summed E-state index contributed by atoms with van der Waals surface area (Å²) in [5.41, 5.74) is 3.29. The van der Waals surface area contributed by atoms with Gasteiger partial charge < -0.3 is 10.2 Å². The van der Waals surface area contributed by atoms with Gasteiger partial charge in [-0.15, -0.1) is 0 Å². The van der Waals surface area contributed by atoms with E-state index in [1.54, 1.807) is 4.90 Å². The van der Waals surface area contributed by atoms with Crippen molar-refractivity contribution in [1.82, 2.24) is 10.2 Å². The minimum atomic E-state index is -0.357. The van der Waals surface area contributed by atoms with Gasteiger partial charge in [-0.3, -0.25) is 9.59 Å². The van der Waals surface area contributed by atoms with Crippen molar-refractivity contribution in [3.63, 3.8) is 0 Å². The minimum absolute atomic E-state index is 0.0311. The molecule has 4 nitrogen and oxygen atoms in total. The molecule has 0 aromatic heterocycles. The Morgan fingerprint density at radius 1 is 0.767 bits per heavy atom. The summed E-state index contributed by atoms with van der Waals surface area (Å²) in [6.07, 6.45) is 1.39.